The van der Waals surface area contributed by atoms with Crippen LogP contribution in [0.4, 0.5) is 5.69 Å². The molecular formula is C26H24N4O5S. The molecule has 0 amide bonds. The zero-order valence-corrected chi connectivity index (χ0v) is 20.3. The molecule has 3 aromatic carbocycles. The predicted octanol–water partition coefficient (Wildman–Crippen LogP) is 2.25. The van der Waals surface area contributed by atoms with Crippen molar-refractivity contribution >= 4 is 32.6 Å². The summed E-state index contributed by atoms with van der Waals surface area (Å²) in [4.78, 5) is 13.0. The van der Waals surface area contributed by atoms with Crippen LogP contribution in [0.15, 0.2) is 54.6 Å². The first-order valence-electron chi connectivity index (χ1n) is 11.2. The van der Waals surface area contributed by atoms with Crippen LogP contribution in [-0.4, -0.2) is 61.1 Å². The Morgan fingerprint density at radius 3 is 2.31 bits per heavy atom. The summed E-state index contributed by atoms with van der Waals surface area (Å²) in [6, 6.07) is 17.0. The van der Waals surface area contributed by atoms with E-state index in [0.29, 0.717) is 29.6 Å². The Bertz CT molecular complexity index is 1510. The molecule has 1 unspecified atom stereocenters. The van der Waals surface area contributed by atoms with Gasteiger partial charge in [-0.2, -0.15) is 22.7 Å². The summed E-state index contributed by atoms with van der Waals surface area (Å²) in [5.41, 5.74) is 2.85. The highest BCUT2D eigenvalue weighted by atomic mass is 32.2. The highest BCUT2D eigenvalue weighted by Gasteiger charge is 2.29. The smallest absolute Gasteiger partial charge is 0.321 e. The van der Waals surface area contributed by atoms with Crippen molar-refractivity contribution in [3.63, 3.8) is 0 Å². The van der Waals surface area contributed by atoms with Gasteiger partial charge < -0.3 is 15.1 Å². The maximum absolute atomic E-state index is 12.4. The first kappa shape index (κ1) is 25.0. The van der Waals surface area contributed by atoms with E-state index in [9.17, 15) is 23.6 Å². The van der Waals surface area contributed by atoms with Gasteiger partial charge in [-0.05, 0) is 60.8 Å². The van der Waals surface area contributed by atoms with Crippen molar-refractivity contribution in [2.24, 2.45) is 0 Å². The number of anilines is 1. The molecule has 0 radical (unpaired) electrons. The lowest BCUT2D eigenvalue weighted by Crippen LogP contribution is -2.54. The summed E-state index contributed by atoms with van der Waals surface area (Å²) in [5.74, 6) is 5.06. The number of phenols is 1. The number of nitrogens with zero attached hydrogens (tertiary/aromatic N) is 3. The van der Waals surface area contributed by atoms with Crippen molar-refractivity contribution in [3.8, 4) is 23.7 Å². The summed E-state index contributed by atoms with van der Waals surface area (Å²) in [7, 11) is -3.87. The monoisotopic (exact) mass is 504 g/mol. The minimum atomic E-state index is -3.87. The maximum atomic E-state index is 12.4. The lowest BCUT2D eigenvalue weighted by molar-refractivity contribution is -0.138. The van der Waals surface area contributed by atoms with Crippen LogP contribution in [-0.2, 0) is 15.0 Å². The van der Waals surface area contributed by atoms with Gasteiger partial charge in [-0.3, -0.25) is 4.79 Å². The lowest BCUT2D eigenvalue weighted by atomic mass is 10.0. The summed E-state index contributed by atoms with van der Waals surface area (Å²) in [6.07, 6.45) is 0. The second kappa shape index (κ2) is 10.3. The average Bonchev–Trinajstić information content (AvgIpc) is 2.87. The van der Waals surface area contributed by atoms with Gasteiger partial charge in [0.2, 0.25) is 0 Å². The maximum Gasteiger partial charge on any atom is 0.321 e. The standard InChI is InChI=1S/C26H24N4O5S/c1-18(26(32)33)28-36(34,35)30-12-10-29(11-13-30)23-7-4-19(5-8-23)2-3-20-14-21-6-9-24(31)16-25(21)22(15-20)17-27/h4-9,14-16,18,28,31H,10-13H2,1H3,(H,32,33). The molecule has 1 aliphatic rings. The van der Waals surface area contributed by atoms with Gasteiger partial charge in [0.05, 0.1) is 11.6 Å². The van der Waals surface area contributed by atoms with Crippen molar-refractivity contribution < 1.29 is 23.4 Å². The van der Waals surface area contributed by atoms with Crippen LogP contribution in [0.25, 0.3) is 10.8 Å². The van der Waals surface area contributed by atoms with Gasteiger partial charge in [0.25, 0.3) is 10.2 Å². The number of fused-ring (bicyclic) bond motifs is 1. The third-order valence-corrected chi connectivity index (χ3v) is 7.61. The van der Waals surface area contributed by atoms with Gasteiger partial charge in [-0.1, -0.05) is 17.9 Å². The quantitative estimate of drug-likeness (QED) is 0.454. The lowest BCUT2D eigenvalue weighted by Gasteiger charge is -2.35. The van der Waals surface area contributed by atoms with E-state index < -0.39 is 22.2 Å². The third-order valence-electron chi connectivity index (χ3n) is 5.92. The molecule has 9 nitrogen and oxygen atoms in total. The van der Waals surface area contributed by atoms with Crippen LogP contribution in [0, 0.1) is 23.2 Å². The van der Waals surface area contributed by atoms with E-state index in [2.05, 4.69) is 27.5 Å². The minimum Gasteiger partial charge on any atom is -0.508 e. The Morgan fingerprint density at radius 2 is 1.67 bits per heavy atom. The number of piperazine rings is 1. The van der Waals surface area contributed by atoms with E-state index in [1.165, 1.54) is 11.2 Å². The Morgan fingerprint density at radius 1 is 1.00 bits per heavy atom. The Hall–Kier alpha value is -4.09. The molecule has 1 atom stereocenters. The molecule has 0 bridgehead atoms. The number of hydrogen-bond acceptors (Lipinski definition) is 6. The second-order valence-electron chi connectivity index (χ2n) is 8.41. The van der Waals surface area contributed by atoms with Crippen molar-refractivity contribution in [3.05, 3.63) is 71.3 Å². The number of aliphatic carboxylic acids is 1. The molecule has 0 saturated carbocycles. The van der Waals surface area contributed by atoms with Crippen LogP contribution < -0.4 is 9.62 Å². The molecule has 4 rings (SSSR count). The fourth-order valence-electron chi connectivity index (χ4n) is 3.95. The van der Waals surface area contributed by atoms with Gasteiger partial charge in [0, 0.05) is 48.4 Å². The van der Waals surface area contributed by atoms with Gasteiger partial charge in [-0.25, -0.2) is 0 Å². The number of benzene rings is 3. The number of phenolic OH excluding ortho intramolecular Hbond substituents is 1. The van der Waals surface area contributed by atoms with E-state index in [0.717, 1.165) is 16.6 Å². The van der Waals surface area contributed by atoms with Crippen LogP contribution in [0.3, 0.4) is 0 Å². The third kappa shape index (κ3) is 5.58. The first-order chi connectivity index (χ1) is 17.2. The van der Waals surface area contributed by atoms with Gasteiger partial charge in [0.15, 0.2) is 0 Å². The highest BCUT2D eigenvalue weighted by Crippen LogP contribution is 2.25. The zero-order valence-electron chi connectivity index (χ0n) is 19.5. The van der Waals surface area contributed by atoms with Gasteiger partial charge in [-0.15, -0.1) is 0 Å². The van der Waals surface area contributed by atoms with Crippen LogP contribution in [0.1, 0.15) is 23.6 Å². The highest BCUT2D eigenvalue weighted by molar-refractivity contribution is 7.87. The van der Waals surface area contributed by atoms with Crippen LogP contribution in [0.5, 0.6) is 5.75 Å². The van der Waals surface area contributed by atoms with Crippen LogP contribution in [0.2, 0.25) is 0 Å². The average molecular weight is 505 g/mol. The largest absolute Gasteiger partial charge is 0.508 e. The van der Waals surface area contributed by atoms with Crippen LogP contribution >= 0.6 is 0 Å². The Balaban J connectivity index is 1.42. The molecule has 0 aliphatic carbocycles. The van der Waals surface area contributed by atoms with Gasteiger partial charge >= 0.3 is 5.97 Å². The molecule has 3 N–H and O–H groups in total. The fourth-order valence-corrected chi connectivity index (χ4v) is 5.29. The first-order valence-corrected chi connectivity index (χ1v) is 12.6. The van der Waals surface area contributed by atoms with E-state index in [1.807, 2.05) is 30.3 Å². The summed E-state index contributed by atoms with van der Waals surface area (Å²) >= 11 is 0. The Kier molecular flexibility index (Phi) is 7.13. The fraction of sp³-hybridized carbons (Fsp3) is 0.231. The number of carboxylic acid groups (broad SMARTS) is 1. The molecule has 10 heteroatoms. The molecule has 0 aromatic heterocycles. The molecule has 36 heavy (non-hydrogen) atoms. The Labute approximate surface area is 209 Å². The molecule has 184 valence electrons. The summed E-state index contributed by atoms with van der Waals surface area (Å²) in [6.45, 7) is 2.71. The van der Waals surface area contributed by atoms with Crippen molar-refractivity contribution in [1.82, 2.24) is 9.03 Å². The van der Waals surface area contributed by atoms with E-state index >= 15 is 0 Å². The van der Waals surface area contributed by atoms with Crippen molar-refractivity contribution in [1.29, 1.82) is 5.26 Å². The summed E-state index contributed by atoms with van der Waals surface area (Å²) < 4.78 is 28.2. The molecule has 1 heterocycles. The summed E-state index contributed by atoms with van der Waals surface area (Å²) in [5, 5.41) is 29.6. The van der Waals surface area contributed by atoms with E-state index in [4.69, 9.17) is 5.11 Å². The molecule has 0 spiro atoms. The number of aromatic hydroxyl groups is 1. The van der Waals surface area contributed by atoms with Gasteiger partial charge in [0.1, 0.15) is 11.8 Å². The minimum absolute atomic E-state index is 0.102. The molecule has 1 saturated heterocycles. The SMILES string of the molecule is CC(NS(=O)(=O)N1CCN(c2ccc(C#Cc3cc(C#N)c4cc(O)ccc4c3)cc2)CC1)C(=O)O. The number of carboxylic acids is 1. The van der Waals surface area contributed by atoms with Crippen molar-refractivity contribution in [2.75, 3.05) is 31.1 Å². The van der Waals surface area contributed by atoms with E-state index in [1.54, 1.807) is 24.3 Å². The number of hydrogen-bond donors (Lipinski definition) is 3. The molecule has 1 fully saturated rings. The van der Waals surface area contributed by atoms with Crippen molar-refractivity contribution in [2.45, 2.75) is 13.0 Å². The van der Waals surface area contributed by atoms with E-state index in [-0.39, 0.29) is 18.8 Å². The number of carbonyl (C=O) groups is 1. The molecule has 3 aromatic rings. The topological polar surface area (TPSA) is 134 Å². The molecular weight excluding hydrogens is 480 g/mol. The number of nitrogens with one attached hydrogen (secondary N) is 1. The number of nitriles is 1. The zero-order chi connectivity index (χ0) is 25.9. The molecule has 1 aliphatic heterocycles. The normalized spacial score (nSPS) is 15.1. The second-order valence-corrected chi connectivity index (χ2v) is 10.1. The predicted molar refractivity (Wildman–Crippen MR) is 136 cm³/mol. The number of rotatable bonds is 5.